The Labute approximate surface area is 183 Å². The number of ketones is 1. The van der Waals surface area contributed by atoms with Crippen LogP contribution in [0.3, 0.4) is 0 Å². The molecule has 162 valence electrons. The van der Waals surface area contributed by atoms with E-state index in [0.29, 0.717) is 13.0 Å². The fourth-order valence-electron chi connectivity index (χ4n) is 6.61. The molecule has 1 saturated carbocycles. The number of anilines is 1. The number of Topliss-reactive ketones (excluding diaryl/α,β-unsaturated/α-hetero) is 1. The van der Waals surface area contributed by atoms with Gasteiger partial charge in [-0.05, 0) is 43.7 Å². The Balaban J connectivity index is 1.76. The molecule has 1 N–H and O–H groups in total. The lowest BCUT2D eigenvalue weighted by Gasteiger charge is -2.47. The summed E-state index contributed by atoms with van der Waals surface area (Å²) in [7, 11) is 3.67. The molecule has 0 radical (unpaired) electrons. The van der Waals surface area contributed by atoms with Gasteiger partial charge in [-0.15, -0.1) is 0 Å². The van der Waals surface area contributed by atoms with Gasteiger partial charge in [-0.3, -0.25) is 14.5 Å². The van der Waals surface area contributed by atoms with Gasteiger partial charge >= 0.3 is 0 Å². The number of likely N-dealkylation sites (tertiary alicyclic amines) is 1. The number of para-hydroxylation sites is 1. The van der Waals surface area contributed by atoms with E-state index in [2.05, 4.69) is 22.3 Å². The summed E-state index contributed by atoms with van der Waals surface area (Å²) in [6.07, 6.45) is 5.32. The number of methoxy groups -OCH3 is 1. The van der Waals surface area contributed by atoms with Crippen molar-refractivity contribution in [2.75, 3.05) is 26.0 Å². The van der Waals surface area contributed by atoms with Crippen molar-refractivity contribution in [1.82, 2.24) is 4.90 Å². The summed E-state index contributed by atoms with van der Waals surface area (Å²) in [4.78, 5) is 30.1. The first-order valence-corrected chi connectivity index (χ1v) is 11.3. The van der Waals surface area contributed by atoms with Crippen molar-refractivity contribution < 1.29 is 14.3 Å². The first-order valence-electron chi connectivity index (χ1n) is 11.3. The van der Waals surface area contributed by atoms with Crippen LogP contribution in [0.5, 0.6) is 5.75 Å². The van der Waals surface area contributed by atoms with E-state index < -0.39 is 11.0 Å². The first kappa shape index (κ1) is 20.3. The highest BCUT2D eigenvalue weighted by Gasteiger charge is 2.72. The third kappa shape index (κ3) is 2.65. The van der Waals surface area contributed by atoms with E-state index in [1.807, 2.05) is 43.4 Å². The Morgan fingerprint density at radius 2 is 1.74 bits per heavy atom. The fraction of sp³-hybridized carbons (Fsp3) is 0.462. The minimum atomic E-state index is -0.970. The van der Waals surface area contributed by atoms with Gasteiger partial charge in [0.15, 0.2) is 0 Å². The van der Waals surface area contributed by atoms with E-state index in [4.69, 9.17) is 4.74 Å². The number of likely N-dealkylation sites (N-methyl/N-ethyl adjacent to an activating group) is 1. The molecule has 3 atom stereocenters. The van der Waals surface area contributed by atoms with Crippen LogP contribution in [0.2, 0.25) is 0 Å². The topological polar surface area (TPSA) is 58.6 Å². The Morgan fingerprint density at radius 1 is 1.00 bits per heavy atom. The van der Waals surface area contributed by atoms with Crippen LogP contribution in [-0.2, 0) is 15.1 Å². The highest BCUT2D eigenvalue weighted by Crippen LogP contribution is 2.65. The minimum absolute atomic E-state index is 0.0501. The van der Waals surface area contributed by atoms with Crippen molar-refractivity contribution in [2.45, 2.75) is 50.0 Å². The molecule has 1 saturated heterocycles. The second-order valence-corrected chi connectivity index (χ2v) is 9.23. The molecule has 1 aliphatic carbocycles. The number of fused-ring (bicyclic) bond motifs is 3. The number of benzene rings is 2. The maximum Gasteiger partial charge on any atom is 0.250 e. The molecule has 2 spiro atoms. The number of carbonyl (C=O) groups excluding carboxylic acids is 2. The van der Waals surface area contributed by atoms with Gasteiger partial charge in [0.1, 0.15) is 17.1 Å². The second kappa shape index (κ2) is 7.49. The molecule has 0 bridgehead atoms. The van der Waals surface area contributed by atoms with Crippen LogP contribution in [0.4, 0.5) is 5.69 Å². The normalized spacial score (nSPS) is 30.8. The van der Waals surface area contributed by atoms with Gasteiger partial charge in [0.2, 0.25) is 0 Å². The average Bonchev–Trinajstić information content (AvgIpc) is 3.23. The molecular weight excluding hydrogens is 388 g/mol. The number of nitrogens with one attached hydrogen (secondary N) is 1. The van der Waals surface area contributed by atoms with Crippen molar-refractivity contribution in [3.8, 4) is 5.75 Å². The van der Waals surface area contributed by atoms with Crippen molar-refractivity contribution in [3.05, 3.63) is 59.7 Å². The molecule has 1 amide bonds. The number of ether oxygens (including phenoxy) is 1. The van der Waals surface area contributed by atoms with E-state index in [1.165, 1.54) is 0 Å². The van der Waals surface area contributed by atoms with Gasteiger partial charge in [0.05, 0.1) is 12.5 Å². The first-order chi connectivity index (χ1) is 15.1. The SMILES string of the molecule is COc1ccc([C@H]2CN(C)[C@@]3(C(=O)Nc4ccccc43)[C@@]23CCCCCCC3=O)cc1. The van der Waals surface area contributed by atoms with Crippen molar-refractivity contribution in [1.29, 1.82) is 0 Å². The molecule has 2 aromatic carbocycles. The summed E-state index contributed by atoms with van der Waals surface area (Å²) in [5.74, 6) is 0.933. The van der Waals surface area contributed by atoms with Gasteiger partial charge in [-0.25, -0.2) is 0 Å². The molecule has 2 fully saturated rings. The van der Waals surface area contributed by atoms with Crippen molar-refractivity contribution >= 4 is 17.4 Å². The second-order valence-electron chi connectivity index (χ2n) is 9.23. The van der Waals surface area contributed by atoms with Gasteiger partial charge < -0.3 is 10.1 Å². The van der Waals surface area contributed by atoms with Crippen LogP contribution >= 0.6 is 0 Å². The quantitative estimate of drug-likeness (QED) is 0.781. The predicted octanol–water partition coefficient (Wildman–Crippen LogP) is 4.48. The zero-order valence-electron chi connectivity index (χ0n) is 18.3. The predicted molar refractivity (Wildman–Crippen MR) is 120 cm³/mol. The minimum Gasteiger partial charge on any atom is -0.497 e. The molecule has 2 aliphatic heterocycles. The van der Waals surface area contributed by atoms with Crippen LogP contribution < -0.4 is 10.1 Å². The van der Waals surface area contributed by atoms with Gasteiger partial charge in [-0.1, -0.05) is 49.6 Å². The highest BCUT2D eigenvalue weighted by atomic mass is 16.5. The van der Waals surface area contributed by atoms with Gasteiger partial charge in [-0.2, -0.15) is 0 Å². The van der Waals surface area contributed by atoms with E-state index in [1.54, 1.807) is 7.11 Å². The van der Waals surface area contributed by atoms with Crippen molar-refractivity contribution in [3.63, 3.8) is 0 Å². The largest absolute Gasteiger partial charge is 0.497 e. The van der Waals surface area contributed by atoms with Crippen LogP contribution in [-0.4, -0.2) is 37.3 Å². The van der Waals surface area contributed by atoms with Crippen LogP contribution in [0.1, 0.15) is 55.6 Å². The summed E-state index contributed by atoms with van der Waals surface area (Å²) in [6, 6.07) is 16.0. The Bertz CT molecular complexity index is 1020. The number of hydrogen-bond donors (Lipinski definition) is 1. The summed E-state index contributed by atoms with van der Waals surface area (Å²) >= 11 is 0. The van der Waals surface area contributed by atoms with Crippen LogP contribution in [0, 0.1) is 5.41 Å². The molecule has 31 heavy (non-hydrogen) atoms. The average molecular weight is 419 g/mol. The molecule has 5 heteroatoms. The number of rotatable bonds is 2. The van der Waals surface area contributed by atoms with Crippen LogP contribution in [0.25, 0.3) is 0 Å². The number of nitrogens with zero attached hydrogens (tertiary/aromatic N) is 1. The Morgan fingerprint density at radius 3 is 2.52 bits per heavy atom. The van der Waals surface area contributed by atoms with E-state index in [0.717, 1.165) is 54.7 Å². The lowest BCUT2D eigenvalue weighted by Crippen LogP contribution is -2.59. The smallest absolute Gasteiger partial charge is 0.250 e. The number of carbonyl (C=O) groups is 2. The summed E-state index contributed by atoms with van der Waals surface area (Å²) in [6.45, 7) is 0.666. The molecule has 0 aromatic heterocycles. The number of amides is 1. The summed E-state index contributed by atoms with van der Waals surface area (Å²) in [5, 5.41) is 3.13. The van der Waals surface area contributed by atoms with E-state index in [-0.39, 0.29) is 17.6 Å². The van der Waals surface area contributed by atoms with E-state index in [9.17, 15) is 9.59 Å². The Kier molecular flexibility index (Phi) is 4.89. The summed E-state index contributed by atoms with van der Waals surface area (Å²) < 4.78 is 5.36. The van der Waals surface area contributed by atoms with Crippen LogP contribution in [0.15, 0.2) is 48.5 Å². The van der Waals surface area contributed by atoms with Gasteiger partial charge in [0.25, 0.3) is 5.91 Å². The maximum atomic E-state index is 14.1. The molecular formula is C26H30N2O3. The zero-order valence-corrected chi connectivity index (χ0v) is 18.3. The molecule has 0 unspecified atom stereocenters. The molecule has 5 nitrogen and oxygen atoms in total. The summed E-state index contributed by atoms with van der Waals surface area (Å²) in [5.41, 5.74) is 1.14. The Hall–Kier alpha value is -2.66. The van der Waals surface area contributed by atoms with Crippen molar-refractivity contribution in [2.24, 2.45) is 5.41 Å². The monoisotopic (exact) mass is 418 g/mol. The highest BCUT2D eigenvalue weighted by molar-refractivity contribution is 6.11. The maximum absolute atomic E-state index is 14.1. The lowest BCUT2D eigenvalue weighted by atomic mass is 9.55. The lowest BCUT2D eigenvalue weighted by molar-refractivity contribution is -0.146. The number of hydrogen-bond acceptors (Lipinski definition) is 4. The van der Waals surface area contributed by atoms with Gasteiger partial charge in [0, 0.05) is 30.1 Å². The third-order valence-corrected chi connectivity index (χ3v) is 7.90. The molecule has 5 rings (SSSR count). The molecule has 2 aromatic rings. The zero-order chi connectivity index (χ0) is 21.6. The molecule has 3 aliphatic rings. The third-order valence-electron chi connectivity index (χ3n) is 7.90. The molecule has 2 heterocycles. The fourth-order valence-corrected chi connectivity index (χ4v) is 6.61. The standard InChI is InChI=1S/C26H30N2O3/c1-28-17-21(18-12-14-19(31-2)15-13-18)25(16-8-4-3-5-11-23(25)29)26(28)20-9-6-7-10-22(20)27-24(26)30/h6-7,9-10,12-15,21H,3-5,8,11,16-17H2,1-2H3,(H,27,30)/t21-,25+,26+/m1/s1. The van der Waals surface area contributed by atoms with E-state index >= 15 is 0 Å².